The van der Waals surface area contributed by atoms with Crippen LogP contribution in [0.3, 0.4) is 0 Å². The summed E-state index contributed by atoms with van der Waals surface area (Å²) >= 11 is 4.10. The first-order valence-corrected chi connectivity index (χ1v) is 9.99. The Hall–Kier alpha value is 0.120. The molecule has 0 aromatic carbocycles. The van der Waals surface area contributed by atoms with Crippen LogP contribution in [0.5, 0.6) is 0 Å². The molecule has 2 heterocycles. The topological polar surface area (TPSA) is 47.4 Å². The quantitative estimate of drug-likeness (QED) is 0.757. The van der Waals surface area contributed by atoms with Crippen LogP contribution >= 0.6 is 27.3 Å². The highest BCUT2D eigenvalue weighted by Gasteiger charge is 2.39. The molecule has 2 atom stereocenters. The normalized spacial score (nSPS) is 20.2. The van der Waals surface area contributed by atoms with Crippen LogP contribution < -0.4 is 4.72 Å². The Morgan fingerprint density at radius 2 is 2.14 bits per heavy atom. The Morgan fingerprint density at radius 1 is 1.43 bits per heavy atom. The third-order valence-corrected chi connectivity index (χ3v) is 7.21. The van der Waals surface area contributed by atoms with Crippen molar-refractivity contribution in [3.05, 3.63) is 20.8 Å². The number of rotatable bonds is 5. The summed E-state index contributed by atoms with van der Waals surface area (Å²) < 4.78 is 16.7. The number of hydrogen-bond acceptors (Lipinski definition) is 4. The van der Waals surface area contributed by atoms with Crippen molar-refractivity contribution in [3.8, 4) is 0 Å². The molecule has 21 heavy (non-hydrogen) atoms. The molecule has 1 aromatic heterocycles. The first-order chi connectivity index (χ1) is 9.71. The fraction of sp³-hybridized carbons (Fsp3) is 0.667. The SMILES string of the molecule is CC(C)(C)[S@@+]([O-])N[C@@](C)(CC1=NCCC1)c1cc(Br)cs1. The number of nitrogens with one attached hydrogen (secondary N) is 1. The van der Waals surface area contributed by atoms with Crippen molar-refractivity contribution in [2.75, 3.05) is 6.54 Å². The summed E-state index contributed by atoms with van der Waals surface area (Å²) in [7, 11) is 0. The Bertz CT molecular complexity index is 524. The molecule has 0 aliphatic carbocycles. The molecule has 0 fully saturated rings. The molecule has 0 saturated carbocycles. The first-order valence-electron chi connectivity index (χ1n) is 7.17. The van der Waals surface area contributed by atoms with Crippen molar-refractivity contribution in [1.82, 2.24) is 4.72 Å². The zero-order valence-electron chi connectivity index (χ0n) is 13.0. The molecule has 118 valence electrons. The van der Waals surface area contributed by atoms with Gasteiger partial charge >= 0.3 is 0 Å². The Kier molecular flexibility index (Phi) is 5.58. The van der Waals surface area contributed by atoms with Gasteiger partial charge in [0.1, 0.15) is 4.75 Å². The van der Waals surface area contributed by atoms with Gasteiger partial charge in [-0.25, -0.2) is 0 Å². The summed E-state index contributed by atoms with van der Waals surface area (Å²) in [6.45, 7) is 9.05. The highest BCUT2D eigenvalue weighted by atomic mass is 79.9. The maximum Gasteiger partial charge on any atom is 0.136 e. The molecule has 1 aliphatic rings. The molecule has 6 heteroatoms. The van der Waals surface area contributed by atoms with E-state index in [1.54, 1.807) is 11.3 Å². The summed E-state index contributed by atoms with van der Waals surface area (Å²) in [4.78, 5) is 5.79. The molecule has 1 N–H and O–H groups in total. The van der Waals surface area contributed by atoms with Gasteiger partial charge in [-0.2, -0.15) is 0 Å². The molecule has 0 radical (unpaired) electrons. The lowest BCUT2D eigenvalue weighted by atomic mass is 9.93. The molecule has 0 amide bonds. The van der Waals surface area contributed by atoms with Gasteiger partial charge in [-0.1, -0.05) is 0 Å². The van der Waals surface area contributed by atoms with Crippen LogP contribution in [0.15, 0.2) is 20.9 Å². The van der Waals surface area contributed by atoms with E-state index in [4.69, 9.17) is 0 Å². The minimum Gasteiger partial charge on any atom is -0.598 e. The van der Waals surface area contributed by atoms with Crippen LogP contribution in [0.1, 0.15) is 51.8 Å². The largest absolute Gasteiger partial charge is 0.598 e. The van der Waals surface area contributed by atoms with Crippen LogP contribution in [0, 0.1) is 0 Å². The number of aliphatic imine (C=N–C) groups is 1. The van der Waals surface area contributed by atoms with Gasteiger partial charge in [-0.05, 0) is 62.5 Å². The average molecular weight is 391 g/mol. The van der Waals surface area contributed by atoms with Crippen LogP contribution in [-0.2, 0) is 16.9 Å². The zero-order valence-corrected chi connectivity index (χ0v) is 16.3. The average Bonchev–Trinajstić information content (AvgIpc) is 2.99. The summed E-state index contributed by atoms with van der Waals surface area (Å²) in [6, 6.07) is 2.12. The van der Waals surface area contributed by atoms with Gasteiger partial charge in [0.15, 0.2) is 0 Å². The number of nitrogens with zero attached hydrogens (tertiary/aromatic N) is 1. The van der Waals surface area contributed by atoms with Gasteiger partial charge < -0.3 is 4.55 Å². The summed E-state index contributed by atoms with van der Waals surface area (Å²) in [5.74, 6) is 0. The van der Waals surface area contributed by atoms with Crippen molar-refractivity contribution in [2.45, 2.75) is 57.2 Å². The monoisotopic (exact) mass is 390 g/mol. The van der Waals surface area contributed by atoms with Crippen molar-refractivity contribution in [1.29, 1.82) is 0 Å². The summed E-state index contributed by atoms with van der Waals surface area (Å²) in [6.07, 6.45) is 3.02. The third kappa shape index (κ3) is 4.55. The fourth-order valence-electron chi connectivity index (χ4n) is 2.29. The summed E-state index contributed by atoms with van der Waals surface area (Å²) in [5, 5.41) is 2.08. The molecule has 1 aliphatic heterocycles. The standard InChI is InChI=1S/C15H23BrN2OS2/c1-14(2,3)21(19)18-15(4,9-12-6-5-7-17-12)13-8-11(16)10-20-13/h8,10,18H,5-7,9H2,1-4H3/t15-,21+/m0/s1. The lowest BCUT2D eigenvalue weighted by Gasteiger charge is -2.34. The highest BCUT2D eigenvalue weighted by Crippen LogP contribution is 2.35. The molecular formula is C15H23BrN2OS2. The Morgan fingerprint density at radius 3 is 2.62 bits per heavy atom. The van der Waals surface area contributed by atoms with Crippen LogP contribution in [0.25, 0.3) is 0 Å². The van der Waals surface area contributed by atoms with Crippen LogP contribution in [0.4, 0.5) is 0 Å². The Labute approximate surface area is 143 Å². The zero-order chi connectivity index (χ0) is 15.7. The van der Waals surface area contributed by atoms with Crippen LogP contribution in [-0.4, -0.2) is 21.6 Å². The lowest BCUT2D eigenvalue weighted by molar-refractivity contribution is 0.440. The van der Waals surface area contributed by atoms with E-state index in [2.05, 4.69) is 44.0 Å². The molecule has 0 saturated heterocycles. The van der Waals surface area contributed by atoms with Crippen molar-refractivity contribution in [2.24, 2.45) is 4.99 Å². The molecule has 2 rings (SSSR count). The predicted molar refractivity (Wildman–Crippen MR) is 96.6 cm³/mol. The van der Waals surface area contributed by atoms with Gasteiger partial charge in [0.2, 0.25) is 0 Å². The predicted octanol–water partition coefficient (Wildman–Crippen LogP) is 4.40. The minimum atomic E-state index is -1.11. The van der Waals surface area contributed by atoms with Crippen molar-refractivity contribution in [3.63, 3.8) is 0 Å². The second-order valence-electron chi connectivity index (χ2n) is 6.67. The molecular weight excluding hydrogens is 368 g/mol. The number of thiophene rings is 1. The van der Waals surface area contributed by atoms with Gasteiger partial charge in [0.25, 0.3) is 0 Å². The van der Waals surface area contributed by atoms with E-state index < -0.39 is 11.4 Å². The maximum absolute atomic E-state index is 12.6. The first kappa shape index (κ1) is 17.5. The maximum atomic E-state index is 12.6. The molecule has 3 nitrogen and oxygen atoms in total. The molecule has 0 spiro atoms. The smallest absolute Gasteiger partial charge is 0.136 e. The third-order valence-electron chi connectivity index (χ3n) is 3.50. The minimum absolute atomic E-state index is 0.284. The lowest BCUT2D eigenvalue weighted by Crippen LogP contribution is -2.50. The van der Waals surface area contributed by atoms with E-state index in [9.17, 15) is 4.55 Å². The summed E-state index contributed by atoms with van der Waals surface area (Å²) in [5.41, 5.74) is 0.901. The Balaban J connectivity index is 2.24. The van der Waals surface area contributed by atoms with E-state index in [1.165, 1.54) is 10.6 Å². The molecule has 0 unspecified atom stereocenters. The van der Waals surface area contributed by atoms with Gasteiger partial charge in [0, 0.05) is 44.8 Å². The van der Waals surface area contributed by atoms with E-state index in [0.29, 0.717) is 0 Å². The van der Waals surface area contributed by atoms with Crippen molar-refractivity contribution >= 4 is 44.3 Å². The fourth-order valence-corrected chi connectivity index (χ4v) is 4.79. The van der Waals surface area contributed by atoms with E-state index >= 15 is 0 Å². The molecule has 0 bridgehead atoms. The van der Waals surface area contributed by atoms with E-state index in [-0.39, 0.29) is 10.3 Å². The highest BCUT2D eigenvalue weighted by molar-refractivity contribution is 9.10. The van der Waals surface area contributed by atoms with Gasteiger partial charge in [-0.15, -0.1) is 16.1 Å². The van der Waals surface area contributed by atoms with E-state index in [1.807, 2.05) is 20.8 Å². The van der Waals surface area contributed by atoms with Gasteiger partial charge in [-0.3, -0.25) is 4.99 Å². The van der Waals surface area contributed by atoms with Crippen LogP contribution in [0.2, 0.25) is 0 Å². The van der Waals surface area contributed by atoms with Gasteiger partial charge in [0.05, 0.1) is 5.54 Å². The number of hydrogen-bond donors (Lipinski definition) is 1. The van der Waals surface area contributed by atoms with E-state index in [0.717, 1.165) is 30.3 Å². The van der Waals surface area contributed by atoms with Crippen molar-refractivity contribution < 1.29 is 4.55 Å². The second kappa shape index (κ2) is 6.71. The molecule has 1 aromatic rings. The second-order valence-corrected chi connectivity index (χ2v) is 10.5. The number of halogens is 1.